The van der Waals surface area contributed by atoms with E-state index in [0.717, 1.165) is 23.2 Å². The summed E-state index contributed by atoms with van der Waals surface area (Å²) in [6, 6.07) is 12.8. The van der Waals surface area contributed by atoms with Crippen LogP contribution in [0, 0.1) is 20.8 Å². The first-order valence-electron chi connectivity index (χ1n) is 10.1. The Hall–Kier alpha value is -2.60. The number of thioether (sulfide) groups is 1. The van der Waals surface area contributed by atoms with E-state index in [-0.39, 0.29) is 12.1 Å². The highest BCUT2D eigenvalue weighted by atomic mass is 32.2. The van der Waals surface area contributed by atoms with Crippen LogP contribution in [0.3, 0.4) is 0 Å². The molecule has 5 rings (SSSR count). The molecule has 0 unspecified atom stereocenters. The Labute approximate surface area is 175 Å². The van der Waals surface area contributed by atoms with E-state index in [4.69, 9.17) is 4.99 Å². The van der Waals surface area contributed by atoms with Crippen molar-refractivity contribution in [1.29, 1.82) is 0 Å². The molecule has 1 saturated heterocycles. The molecule has 0 bridgehead atoms. The number of nitrogens with zero attached hydrogens (tertiary/aromatic N) is 5. The van der Waals surface area contributed by atoms with Crippen LogP contribution in [0.15, 0.2) is 53.8 Å². The minimum Gasteiger partial charge on any atom is -0.341 e. The molecule has 2 aliphatic rings. The fourth-order valence-electron chi connectivity index (χ4n) is 4.54. The Kier molecular flexibility index (Phi) is 4.46. The lowest BCUT2D eigenvalue weighted by Crippen LogP contribution is -2.28. The summed E-state index contributed by atoms with van der Waals surface area (Å²) < 4.78 is 2.27. The van der Waals surface area contributed by atoms with Crippen LogP contribution in [0.1, 0.15) is 47.2 Å². The van der Waals surface area contributed by atoms with Crippen molar-refractivity contribution < 1.29 is 0 Å². The number of aromatic nitrogens is 3. The molecule has 5 nitrogen and oxygen atoms in total. The van der Waals surface area contributed by atoms with Crippen molar-refractivity contribution in [2.24, 2.45) is 4.99 Å². The van der Waals surface area contributed by atoms with Gasteiger partial charge >= 0.3 is 0 Å². The summed E-state index contributed by atoms with van der Waals surface area (Å²) in [7, 11) is 0. The van der Waals surface area contributed by atoms with Crippen LogP contribution < -0.4 is 0 Å². The third kappa shape index (κ3) is 3.06. The predicted octanol–water partition coefficient (Wildman–Crippen LogP) is 4.78. The molecule has 6 heteroatoms. The minimum absolute atomic E-state index is 0.0191. The van der Waals surface area contributed by atoms with E-state index < -0.39 is 0 Å². The molecule has 3 aromatic rings. The maximum atomic E-state index is 5.11. The summed E-state index contributed by atoms with van der Waals surface area (Å²) in [5.74, 6) is 0.976. The second-order valence-corrected chi connectivity index (χ2v) is 9.40. The Morgan fingerprint density at radius 3 is 2.66 bits per heavy atom. The normalized spacial score (nSPS) is 23.4. The monoisotopic (exact) mass is 403 g/mol. The van der Waals surface area contributed by atoms with Gasteiger partial charge in [0.25, 0.3) is 0 Å². The first-order chi connectivity index (χ1) is 14.0. The highest BCUT2D eigenvalue weighted by Gasteiger charge is 2.44. The van der Waals surface area contributed by atoms with Gasteiger partial charge in [-0.1, -0.05) is 24.8 Å². The second-order valence-electron chi connectivity index (χ2n) is 7.99. The lowest BCUT2D eigenvalue weighted by Gasteiger charge is -2.27. The van der Waals surface area contributed by atoms with Crippen LogP contribution >= 0.6 is 11.8 Å². The standard InChI is InChI=1S/C23H25N5S/c1-14-8-10-25-20(11-14)28-15(2)12-18(17(28)4)22-21(19-7-5-6-9-24-19)26-23-27(22)13-16(3)29-23/h5-12,16,21-22H,13H2,1-4H3/t16-,21-,22-/m1/s1. The number of pyridine rings is 2. The summed E-state index contributed by atoms with van der Waals surface area (Å²) in [6.07, 6.45) is 3.75. The molecular formula is C23H25N5S. The van der Waals surface area contributed by atoms with Gasteiger partial charge in [-0.25, -0.2) is 4.98 Å². The third-order valence-corrected chi connectivity index (χ3v) is 6.90. The zero-order valence-corrected chi connectivity index (χ0v) is 18.0. The molecule has 0 N–H and O–H groups in total. The number of fused-ring (bicyclic) bond motifs is 1. The summed E-state index contributed by atoms with van der Waals surface area (Å²) in [4.78, 5) is 16.9. The largest absolute Gasteiger partial charge is 0.341 e. The average molecular weight is 404 g/mol. The number of rotatable bonds is 3. The Morgan fingerprint density at radius 1 is 1.03 bits per heavy atom. The van der Waals surface area contributed by atoms with Crippen molar-refractivity contribution in [3.8, 4) is 5.82 Å². The van der Waals surface area contributed by atoms with E-state index in [1.807, 2.05) is 36.3 Å². The van der Waals surface area contributed by atoms with E-state index in [9.17, 15) is 0 Å². The van der Waals surface area contributed by atoms with E-state index in [0.29, 0.717) is 5.25 Å². The molecule has 5 heterocycles. The molecule has 2 aliphatic heterocycles. The van der Waals surface area contributed by atoms with Crippen LogP contribution in [-0.4, -0.2) is 36.4 Å². The predicted molar refractivity (Wildman–Crippen MR) is 119 cm³/mol. The van der Waals surface area contributed by atoms with E-state index in [2.05, 4.69) is 71.4 Å². The van der Waals surface area contributed by atoms with Crippen molar-refractivity contribution in [3.63, 3.8) is 0 Å². The number of hydrogen-bond donors (Lipinski definition) is 0. The topological polar surface area (TPSA) is 46.3 Å². The van der Waals surface area contributed by atoms with Gasteiger partial charge in [0.05, 0.1) is 11.7 Å². The molecule has 0 amide bonds. The zero-order valence-electron chi connectivity index (χ0n) is 17.2. The van der Waals surface area contributed by atoms with Crippen molar-refractivity contribution in [2.45, 2.75) is 45.0 Å². The van der Waals surface area contributed by atoms with E-state index in [1.165, 1.54) is 22.5 Å². The fraction of sp³-hybridized carbons (Fsp3) is 0.348. The molecule has 0 saturated carbocycles. The third-order valence-electron chi connectivity index (χ3n) is 5.80. The SMILES string of the molecule is Cc1ccnc(-n2c(C)cc([C@@H]3[C@@H](c4ccccn4)N=C4S[C@H](C)CN43)c2C)c1. The Bertz CT molecular complexity index is 1090. The molecule has 3 atom stereocenters. The number of aryl methyl sites for hydroxylation is 2. The summed E-state index contributed by atoms with van der Waals surface area (Å²) in [6.45, 7) is 9.76. The smallest absolute Gasteiger partial charge is 0.160 e. The molecule has 148 valence electrons. The van der Waals surface area contributed by atoms with Gasteiger partial charge in [-0.15, -0.1) is 0 Å². The molecule has 1 fully saturated rings. The van der Waals surface area contributed by atoms with Crippen LogP contribution in [0.2, 0.25) is 0 Å². The number of amidine groups is 1. The number of hydrogen-bond acceptors (Lipinski definition) is 5. The molecule has 0 radical (unpaired) electrons. The molecular weight excluding hydrogens is 378 g/mol. The van der Waals surface area contributed by atoms with Gasteiger partial charge in [-0.3, -0.25) is 9.98 Å². The van der Waals surface area contributed by atoms with Crippen molar-refractivity contribution >= 4 is 16.9 Å². The van der Waals surface area contributed by atoms with E-state index in [1.54, 1.807) is 0 Å². The Morgan fingerprint density at radius 2 is 1.90 bits per heavy atom. The molecule has 0 aromatic carbocycles. The summed E-state index contributed by atoms with van der Waals surface area (Å²) in [5.41, 5.74) is 5.99. The second kappa shape index (κ2) is 7.02. The zero-order chi connectivity index (χ0) is 20.1. The maximum Gasteiger partial charge on any atom is 0.160 e. The first-order valence-corrected chi connectivity index (χ1v) is 10.9. The summed E-state index contributed by atoms with van der Waals surface area (Å²) in [5, 5.41) is 1.71. The van der Waals surface area contributed by atoms with Crippen LogP contribution in [0.25, 0.3) is 5.82 Å². The molecule has 3 aromatic heterocycles. The Balaban J connectivity index is 1.63. The van der Waals surface area contributed by atoms with Gasteiger partial charge in [0.1, 0.15) is 11.9 Å². The van der Waals surface area contributed by atoms with Crippen molar-refractivity contribution in [2.75, 3.05) is 6.54 Å². The average Bonchev–Trinajstić information content (AvgIpc) is 3.32. The fourth-order valence-corrected chi connectivity index (χ4v) is 5.63. The van der Waals surface area contributed by atoms with Gasteiger partial charge in [-0.2, -0.15) is 0 Å². The van der Waals surface area contributed by atoms with Crippen LogP contribution in [-0.2, 0) is 0 Å². The molecule has 0 spiro atoms. The molecule has 29 heavy (non-hydrogen) atoms. The van der Waals surface area contributed by atoms with Gasteiger partial charge in [0.15, 0.2) is 5.17 Å². The quantitative estimate of drug-likeness (QED) is 0.631. The lowest BCUT2D eigenvalue weighted by molar-refractivity contribution is 0.320. The summed E-state index contributed by atoms with van der Waals surface area (Å²) >= 11 is 1.88. The minimum atomic E-state index is 0.0191. The van der Waals surface area contributed by atoms with Crippen LogP contribution in [0.5, 0.6) is 0 Å². The first kappa shape index (κ1) is 18.4. The number of aliphatic imine (C=N–C) groups is 1. The van der Waals surface area contributed by atoms with Crippen molar-refractivity contribution in [1.82, 2.24) is 19.4 Å². The lowest BCUT2D eigenvalue weighted by atomic mass is 9.96. The van der Waals surface area contributed by atoms with Crippen LogP contribution in [0.4, 0.5) is 0 Å². The van der Waals surface area contributed by atoms with Gasteiger partial charge in [0.2, 0.25) is 0 Å². The highest BCUT2D eigenvalue weighted by molar-refractivity contribution is 8.14. The highest BCUT2D eigenvalue weighted by Crippen LogP contribution is 2.48. The van der Waals surface area contributed by atoms with Gasteiger partial charge < -0.3 is 9.47 Å². The van der Waals surface area contributed by atoms with Gasteiger partial charge in [-0.05, 0) is 62.2 Å². The van der Waals surface area contributed by atoms with Gasteiger partial charge in [0, 0.05) is 35.6 Å². The molecule has 0 aliphatic carbocycles. The maximum absolute atomic E-state index is 5.11. The van der Waals surface area contributed by atoms with E-state index >= 15 is 0 Å². The van der Waals surface area contributed by atoms with Crippen molar-refractivity contribution in [3.05, 3.63) is 77.0 Å².